The van der Waals surface area contributed by atoms with Crippen LogP contribution in [-0.4, -0.2) is 29.1 Å². The van der Waals surface area contributed by atoms with Crippen LogP contribution in [0.2, 0.25) is 0 Å². The van der Waals surface area contributed by atoms with Crippen LogP contribution >= 0.6 is 15.9 Å². The van der Waals surface area contributed by atoms with Crippen molar-refractivity contribution >= 4 is 21.9 Å². The highest BCUT2D eigenvalue weighted by molar-refractivity contribution is 9.10. The predicted molar refractivity (Wildman–Crippen MR) is 65.4 cm³/mol. The molecule has 0 saturated heterocycles. The molecular weight excluding hydrogens is 270 g/mol. The maximum Gasteiger partial charge on any atom is 0.304 e. The number of nitrogens with zero attached hydrogens (tertiary/aromatic N) is 1. The van der Waals surface area contributed by atoms with E-state index in [0.717, 1.165) is 19.5 Å². The van der Waals surface area contributed by atoms with Gasteiger partial charge in [0.1, 0.15) is 0 Å². The Labute approximate surface area is 103 Å². The fourth-order valence-electron chi connectivity index (χ4n) is 2.07. The summed E-state index contributed by atoms with van der Waals surface area (Å²) in [5, 5.41) is 8.65. The van der Waals surface area contributed by atoms with Crippen molar-refractivity contribution in [2.75, 3.05) is 13.1 Å². The monoisotopic (exact) mass is 283 g/mol. The fraction of sp³-hybridized carbons (Fsp3) is 0.417. The molecule has 0 aliphatic carbocycles. The number of rotatable bonds is 3. The van der Waals surface area contributed by atoms with Gasteiger partial charge in [-0.25, -0.2) is 0 Å². The average molecular weight is 284 g/mol. The lowest BCUT2D eigenvalue weighted by Crippen LogP contribution is -2.32. The van der Waals surface area contributed by atoms with E-state index in [9.17, 15) is 4.79 Å². The highest BCUT2D eigenvalue weighted by Gasteiger charge is 2.17. The molecule has 0 bridgehead atoms. The zero-order valence-electron chi connectivity index (χ0n) is 8.95. The lowest BCUT2D eigenvalue weighted by Gasteiger charge is -2.28. The second-order valence-electron chi connectivity index (χ2n) is 4.05. The van der Waals surface area contributed by atoms with Gasteiger partial charge in [-0.1, -0.05) is 28.1 Å². The maximum absolute atomic E-state index is 10.5. The Kier molecular flexibility index (Phi) is 3.61. The Hall–Kier alpha value is -0.870. The van der Waals surface area contributed by atoms with E-state index in [1.54, 1.807) is 0 Å². The third kappa shape index (κ3) is 2.62. The summed E-state index contributed by atoms with van der Waals surface area (Å²) in [7, 11) is 0. The molecule has 0 aromatic heterocycles. The molecule has 1 aromatic carbocycles. The number of fused-ring (bicyclic) bond motifs is 1. The van der Waals surface area contributed by atoms with Crippen LogP contribution in [-0.2, 0) is 17.8 Å². The van der Waals surface area contributed by atoms with Crippen molar-refractivity contribution < 1.29 is 9.90 Å². The number of hydrogen-bond acceptors (Lipinski definition) is 2. The first kappa shape index (κ1) is 11.6. The Morgan fingerprint density at radius 3 is 3.06 bits per heavy atom. The molecule has 0 unspecified atom stereocenters. The third-order valence-electron chi connectivity index (χ3n) is 2.93. The number of carboxylic acids is 1. The summed E-state index contributed by atoms with van der Waals surface area (Å²) < 4.78 is 1.17. The largest absolute Gasteiger partial charge is 0.481 e. The summed E-state index contributed by atoms with van der Waals surface area (Å²) in [6, 6.07) is 6.21. The molecule has 16 heavy (non-hydrogen) atoms. The lowest BCUT2D eigenvalue weighted by atomic mass is 10.00. The molecule has 0 radical (unpaired) electrons. The maximum atomic E-state index is 10.5. The van der Waals surface area contributed by atoms with Gasteiger partial charge in [-0.3, -0.25) is 9.69 Å². The highest BCUT2D eigenvalue weighted by Crippen LogP contribution is 2.26. The summed E-state index contributed by atoms with van der Waals surface area (Å²) in [5.41, 5.74) is 2.68. The minimum absolute atomic E-state index is 0.226. The second kappa shape index (κ2) is 4.97. The zero-order chi connectivity index (χ0) is 11.5. The number of carbonyl (C=O) groups is 1. The fourth-order valence-corrected chi connectivity index (χ4v) is 2.67. The third-order valence-corrected chi connectivity index (χ3v) is 3.67. The molecule has 0 fully saturated rings. The molecule has 0 atom stereocenters. The topological polar surface area (TPSA) is 40.5 Å². The van der Waals surface area contributed by atoms with E-state index >= 15 is 0 Å². The predicted octanol–water partition coefficient (Wildman–Crippen LogP) is 2.28. The Bertz CT molecular complexity index is 406. The van der Waals surface area contributed by atoms with Gasteiger partial charge in [-0.2, -0.15) is 0 Å². The summed E-state index contributed by atoms with van der Waals surface area (Å²) in [6.07, 6.45) is 1.22. The van der Waals surface area contributed by atoms with E-state index in [-0.39, 0.29) is 6.42 Å². The van der Waals surface area contributed by atoms with Crippen LogP contribution in [0.1, 0.15) is 17.5 Å². The molecule has 1 heterocycles. The SMILES string of the molecule is O=C(O)CCN1CCc2c(Br)cccc2C1. The van der Waals surface area contributed by atoms with E-state index in [4.69, 9.17) is 5.11 Å². The summed E-state index contributed by atoms with van der Waals surface area (Å²) in [5.74, 6) is -0.722. The van der Waals surface area contributed by atoms with Crippen LogP contribution in [0, 0.1) is 0 Å². The Morgan fingerprint density at radius 1 is 1.50 bits per heavy atom. The summed E-state index contributed by atoms with van der Waals surface area (Å²) in [4.78, 5) is 12.7. The first-order valence-corrected chi connectivity index (χ1v) is 6.16. The van der Waals surface area contributed by atoms with E-state index in [1.807, 2.05) is 6.07 Å². The molecule has 0 spiro atoms. The molecule has 0 amide bonds. The van der Waals surface area contributed by atoms with Crippen LogP contribution in [0.4, 0.5) is 0 Å². The van der Waals surface area contributed by atoms with Crippen molar-refractivity contribution in [3.63, 3.8) is 0 Å². The molecule has 86 valence electrons. The highest BCUT2D eigenvalue weighted by atomic mass is 79.9. The van der Waals surface area contributed by atoms with Crippen molar-refractivity contribution in [1.82, 2.24) is 4.90 Å². The number of hydrogen-bond donors (Lipinski definition) is 1. The number of aliphatic carboxylic acids is 1. The number of benzene rings is 1. The minimum atomic E-state index is -0.722. The molecule has 1 aromatic rings. The lowest BCUT2D eigenvalue weighted by molar-refractivity contribution is -0.137. The van der Waals surface area contributed by atoms with Crippen molar-refractivity contribution in [2.24, 2.45) is 0 Å². The van der Waals surface area contributed by atoms with E-state index in [2.05, 4.69) is 33.0 Å². The second-order valence-corrected chi connectivity index (χ2v) is 4.90. The molecule has 1 aliphatic heterocycles. The molecular formula is C12H14BrNO2. The van der Waals surface area contributed by atoms with Crippen molar-refractivity contribution in [2.45, 2.75) is 19.4 Å². The Balaban J connectivity index is 2.04. The van der Waals surface area contributed by atoms with Crippen LogP contribution in [0.5, 0.6) is 0 Å². The standard InChI is InChI=1S/C12H14BrNO2/c13-11-3-1-2-9-8-14(6-4-10(9)11)7-5-12(15)16/h1-3H,4-8H2,(H,15,16). The molecule has 4 heteroatoms. The molecule has 3 nitrogen and oxygen atoms in total. The molecule has 1 aliphatic rings. The molecule has 2 rings (SSSR count). The van der Waals surface area contributed by atoms with E-state index in [0.29, 0.717) is 6.54 Å². The number of halogens is 1. The van der Waals surface area contributed by atoms with E-state index < -0.39 is 5.97 Å². The summed E-state index contributed by atoms with van der Waals surface area (Å²) >= 11 is 3.55. The van der Waals surface area contributed by atoms with Gasteiger partial charge in [-0.15, -0.1) is 0 Å². The first-order valence-electron chi connectivity index (χ1n) is 5.37. The van der Waals surface area contributed by atoms with Gasteiger partial charge in [0.05, 0.1) is 6.42 Å². The van der Waals surface area contributed by atoms with Gasteiger partial charge in [0.15, 0.2) is 0 Å². The Morgan fingerprint density at radius 2 is 2.31 bits per heavy atom. The van der Waals surface area contributed by atoms with Gasteiger partial charge in [0.2, 0.25) is 0 Å². The van der Waals surface area contributed by atoms with Gasteiger partial charge in [0.25, 0.3) is 0 Å². The van der Waals surface area contributed by atoms with Crippen LogP contribution in [0.25, 0.3) is 0 Å². The van der Waals surface area contributed by atoms with Crippen LogP contribution in [0.15, 0.2) is 22.7 Å². The summed E-state index contributed by atoms with van der Waals surface area (Å²) in [6.45, 7) is 2.45. The van der Waals surface area contributed by atoms with Crippen molar-refractivity contribution in [1.29, 1.82) is 0 Å². The first-order chi connectivity index (χ1) is 7.66. The molecule has 0 saturated carbocycles. The average Bonchev–Trinajstić information content (AvgIpc) is 2.26. The quantitative estimate of drug-likeness (QED) is 0.925. The van der Waals surface area contributed by atoms with Crippen molar-refractivity contribution in [3.05, 3.63) is 33.8 Å². The number of carboxylic acid groups (broad SMARTS) is 1. The minimum Gasteiger partial charge on any atom is -0.481 e. The van der Waals surface area contributed by atoms with Crippen molar-refractivity contribution in [3.8, 4) is 0 Å². The van der Waals surface area contributed by atoms with Crippen LogP contribution in [0.3, 0.4) is 0 Å². The van der Waals surface area contributed by atoms with Gasteiger partial charge >= 0.3 is 5.97 Å². The zero-order valence-corrected chi connectivity index (χ0v) is 10.5. The van der Waals surface area contributed by atoms with Gasteiger partial charge < -0.3 is 5.11 Å². The normalized spacial score (nSPS) is 15.8. The van der Waals surface area contributed by atoms with E-state index in [1.165, 1.54) is 15.6 Å². The van der Waals surface area contributed by atoms with Crippen LogP contribution < -0.4 is 0 Å². The smallest absolute Gasteiger partial charge is 0.304 e. The van der Waals surface area contributed by atoms with Gasteiger partial charge in [0, 0.05) is 24.1 Å². The van der Waals surface area contributed by atoms with Gasteiger partial charge in [-0.05, 0) is 23.6 Å². The molecule has 1 N–H and O–H groups in total.